The molecule has 2 aliphatic carbocycles. The second-order valence-corrected chi connectivity index (χ2v) is 13.7. The van der Waals surface area contributed by atoms with Crippen LogP contribution in [0.15, 0.2) is 188 Å². The third-order valence-corrected chi connectivity index (χ3v) is 11.2. The van der Waals surface area contributed by atoms with E-state index >= 15 is 0 Å². The first kappa shape index (κ1) is 28.2. The summed E-state index contributed by atoms with van der Waals surface area (Å²) in [5, 5.41) is 6.45. The van der Waals surface area contributed by atoms with Crippen LogP contribution in [0.5, 0.6) is 0 Å². The Hall–Kier alpha value is -6.64. The molecule has 0 saturated carbocycles. The van der Waals surface area contributed by atoms with Crippen molar-refractivity contribution < 1.29 is 0 Å². The molecule has 0 radical (unpaired) electrons. The summed E-state index contributed by atoms with van der Waals surface area (Å²) in [6.07, 6.45) is 0. The molecule has 11 rings (SSSR count). The van der Waals surface area contributed by atoms with Crippen molar-refractivity contribution in [3.8, 4) is 39.1 Å². The molecule has 1 N–H and O–H groups in total. The van der Waals surface area contributed by atoms with E-state index in [2.05, 4.69) is 198 Å². The number of nitrogens with zero attached hydrogens (tertiary/aromatic N) is 1. The molecule has 0 atom stereocenters. The molecular formula is C49H32N2. The third kappa shape index (κ3) is 3.87. The quantitative estimate of drug-likeness (QED) is 0.201. The second-order valence-electron chi connectivity index (χ2n) is 13.7. The van der Waals surface area contributed by atoms with E-state index in [0.29, 0.717) is 0 Å². The number of benzene rings is 8. The van der Waals surface area contributed by atoms with E-state index in [4.69, 9.17) is 0 Å². The predicted octanol–water partition coefficient (Wildman–Crippen LogP) is 12.5. The molecule has 51 heavy (non-hydrogen) atoms. The zero-order valence-electron chi connectivity index (χ0n) is 27.8. The summed E-state index contributed by atoms with van der Waals surface area (Å²) in [4.78, 5) is 0. The number of anilines is 2. The Morgan fingerprint density at radius 1 is 0.373 bits per heavy atom. The summed E-state index contributed by atoms with van der Waals surface area (Å²) in [7, 11) is 0. The van der Waals surface area contributed by atoms with Gasteiger partial charge in [-0.3, -0.25) is 0 Å². The van der Waals surface area contributed by atoms with Crippen LogP contribution in [0.25, 0.3) is 60.9 Å². The number of para-hydroxylation sites is 2. The highest BCUT2D eigenvalue weighted by molar-refractivity contribution is 6.09. The fourth-order valence-corrected chi connectivity index (χ4v) is 9.16. The Labute approximate surface area is 296 Å². The van der Waals surface area contributed by atoms with Gasteiger partial charge in [-0.1, -0.05) is 146 Å². The number of nitrogens with one attached hydrogen (secondary N) is 1. The number of aromatic nitrogens is 1. The van der Waals surface area contributed by atoms with Gasteiger partial charge < -0.3 is 9.88 Å². The van der Waals surface area contributed by atoms with Gasteiger partial charge in [-0.15, -0.1) is 0 Å². The lowest BCUT2D eigenvalue weighted by molar-refractivity contribution is 0.796. The van der Waals surface area contributed by atoms with Gasteiger partial charge in [0, 0.05) is 33.4 Å². The summed E-state index contributed by atoms with van der Waals surface area (Å²) in [6, 6.07) is 68.8. The molecule has 2 heteroatoms. The summed E-state index contributed by atoms with van der Waals surface area (Å²) in [5.41, 5.74) is 18.4. The number of fused-ring (bicyclic) bond motifs is 13. The van der Waals surface area contributed by atoms with E-state index in [1.165, 1.54) is 77.4 Å². The van der Waals surface area contributed by atoms with Crippen LogP contribution in [0, 0.1) is 0 Å². The van der Waals surface area contributed by atoms with Crippen molar-refractivity contribution in [3.63, 3.8) is 0 Å². The third-order valence-electron chi connectivity index (χ3n) is 11.2. The lowest BCUT2D eigenvalue weighted by atomic mass is 9.70. The van der Waals surface area contributed by atoms with Crippen molar-refractivity contribution in [2.75, 3.05) is 5.32 Å². The van der Waals surface area contributed by atoms with Gasteiger partial charge in [0.1, 0.15) is 0 Å². The molecule has 8 aromatic carbocycles. The first-order chi connectivity index (χ1) is 25.3. The van der Waals surface area contributed by atoms with Gasteiger partial charge in [0.05, 0.1) is 16.4 Å². The molecule has 9 aromatic rings. The number of hydrogen-bond acceptors (Lipinski definition) is 1. The van der Waals surface area contributed by atoms with E-state index in [0.717, 1.165) is 17.1 Å². The maximum atomic E-state index is 3.89. The Morgan fingerprint density at radius 3 is 1.39 bits per heavy atom. The van der Waals surface area contributed by atoms with Gasteiger partial charge in [0.15, 0.2) is 0 Å². The molecule has 0 unspecified atom stereocenters. The van der Waals surface area contributed by atoms with Crippen LogP contribution >= 0.6 is 0 Å². The first-order valence-electron chi connectivity index (χ1n) is 17.7. The number of rotatable bonds is 4. The molecule has 2 nitrogen and oxygen atoms in total. The van der Waals surface area contributed by atoms with E-state index in [1.54, 1.807) is 0 Å². The van der Waals surface area contributed by atoms with Gasteiger partial charge in [0.25, 0.3) is 0 Å². The van der Waals surface area contributed by atoms with Gasteiger partial charge in [-0.05, 0) is 92.5 Å². The van der Waals surface area contributed by atoms with Gasteiger partial charge >= 0.3 is 0 Å². The summed E-state index contributed by atoms with van der Waals surface area (Å²) < 4.78 is 2.37. The van der Waals surface area contributed by atoms with Crippen molar-refractivity contribution in [3.05, 3.63) is 210 Å². The van der Waals surface area contributed by atoms with Crippen LogP contribution in [0.2, 0.25) is 0 Å². The largest absolute Gasteiger partial charge is 0.355 e. The Balaban J connectivity index is 0.974. The molecule has 0 amide bonds. The molecule has 238 valence electrons. The van der Waals surface area contributed by atoms with Crippen molar-refractivity contribution in [2.24, 2.45) is 0 Å². The van der Waals surface area contributed by atoms with Crippen molar-refractivity contribution in [1.29, 1.82) is 0 Å². The Kier molecular flexibility index (Phi) is 5.91. The van der Waals surface area contributed by atoms with E-state index in [1.807, 2.05) is 0 Å². The van der Waals surface area contributed by atoms with Crippen LogP contribution in [0.1, 0.15) is 22.3 Å². The molecule has 1 aromatic heterocycles. The number of hydrogen-bond donors (Lipinski definition) is 1. The molecule has 0 saturated heterocycles. The fraction of sp³-hybridized carbons (Fsp3) is 0.0204. The molecule has 0 bridgehead atoms. The lowest BCUT2D eigenvalue weighted by Crippen LogP contribution is -2.26. The predicted molar refractivity (Wildman–Crippen MR) is 212 cm³/mol. The summed E-state index contributed by atoms with van der Waals surface area (Å²) in [5.74, 6) is 0. The van der Waals surface area contributed by atoms with Crippen LogP contribution in [-0.2, 0) is 5.41 Å². The zero-order chi connectivity index (χ0) is 33.5. The maximum absolute atomic E-state index is 3.89. The van der Waals surface area contributed by atoms with Crippen molar-refractivity contribution in [1.82, 2.24) is 4.57 Å². The highest BCUT2D eigenvalue weighted by atomic mass is 15.0. The first-order valence-corrected chi connectivity index (χ1v) is 17.7. The van der Waals surface area contributed by atoms with Gasteiger partial charge in [-0.2, -0.15) is 0 Å². The SMILES string of the molecule is c1ccc2c(c1)-c1ccccc1C21c2ccccc2-c2cccc(Nc3ccc(-c4ccc(-n5c6ccccc6c6ccccc65)cc4)cc3)c21. The van der Waals surface area contributed by atoms with E-state index < -0.39 is 0 Å². The Morgan fingerprint density at radius 2 is 0.824 bits per heavy atom. The summed E-state index contributed by atoms with van der Waals surface area (Å²) in [6.45, 7) is 0. The lowest BCUT2D eigenvalue weighted by Gasteiger charge is -2.32. The highest BCUT2D eigenvalue weighted by Gasteiger charge is 2.52. The van der Waals surface area contributed by atoms with E-state index in [-0.39, 0.29) is 5.41 Å². The molecule has 2 aliphatic rings. The fourth-order valence-electron chi connectivity index (χ4n) is 9.16. The van der Waals surface area contributed by atoms with Crippen LogP contribution < -0.4 is 5.32 Å². The van der Waals surface area contributed by atoms with Crippen molar-refractivity contribution in [2.45, 2.75) is 5.41 Å². The van der Waals surface area contributed by atoms with Gasteiger partial charge in [0.2, 0.25) is 0 Å². The minimum atomic E-state index is -0.388. The minimum absolute atomic E-state index is 0.388. The average molecular weight is 649 g/mol. The van der Waals surface area contributed by atoms with Crippen molar-refractivity contribution >= 4 is 33.2 Å². The Bertz CT molecular complexity index is 2700. The molecule has 0 fully saturated rings. The maximum Gasteiger partial charge on any atom is 0.0745 e. The minimum Gasteiger partial charge on any atom is -0.355 e. The van der Waals surface area contributed by atoms with Crippen LogP contribution in [0.3, 0.4) is 0 Å². The molecular weight excluding hydrogens is 617 g/mol. The molecule has 1 spiro atoms. The zero-order valence-corrected chi connectivity index (χ0v) is 27.8. The normalized spacial score (nSPS) is 13.3. The second kappa shape index (κ2) is 10.7. The average Bonchev–Trinajstić information content (AvgIpc) is 3.81. The highest BCUT2D eigenvalue weighted by Crippen LogP contribution is 2.64. The standard InChI is InChI=1S/C49H32N2/c1-6-18-42-36(12-1)37-13-2-7-19-43(37)49(42)44-20-8-3-14-38(44)41-17-11-21-45(48(41)49)50-34-28-24-32(25-29-34)33-26-30-35(31-27-33)51-46-22-9-4-15-39(46)40-16-5-10-23-47(40)51/h1-31,50H. The van der Waals surface area contributed by atoms with Crippen LogP contribution in [-0.4, -0.2) is 4.57 Å². The molecule has 0 aliphatic heterocycles. The van der Waals surface area contributed by atoms with Gasteiger partial charge in [-0.25, -0.2) is 0 Å². The smallest absolute Gasteiger partial charge is 0.0745 e. The molecule has 1 heterocycles. The topological polar surface area (TPSA) is 17.0 Å². The summed E-state index contributed by atoms with van der Waals surface area (Å²) >= 11 is 0. The monoisotopic (exact) mass is 648 g/mol. The van der Waals surface area contributed by atoms with Crippen LogP contribution in [0.4, 0.5) is 11.4 Å². The van der Waals surface area contributed by atoms with E-state index in [9.17, 15) is 0 Å².